The van der Waals surface area contributed by atoms with E-state index in [1.807, 2.05) is 0 Å². The number of fused-ring (bicyclic) bond motifs is 1. The largest absolute Gasteiger partial charge is 0.407 e. The SMILES string of the molecule is CC(C)(C)[Si](OCCCCC[C@H](O)[C@@]12CCCCC1O2)(c1ccccc1)c1ccccc1. The predicted molar refractivity (Wildman–Crippen MR) is 134 cm³/mol. The third-order valence-electron chi connectivity index (χ3n) is 7.55. The molecule has 0 amide bonds. The Bertz CT molecular complexity index is 808. The highest BCUT2D eigenvalue weighted by Crippen LogP contribution is 2.51. The summed E-state index contributed by atoms with van der Waals surface area (Å²) in [5, 5.41) is 13.4. The minimum atomic E-state index is -2.43. The second-order valence-electron chi connectivity index (χ2n) is 10.7. The van der Waals surface area contributed by atoms with Crippen LogP contribution in [0.4, 0.5) is 0 Å². The Balaban J connectivity index is 1.37. The summed E-state index contributed by atoms with van der Waals surface area (Å²) < 4.78 is 12.9. The molecule has 2 aliphatic rings. The monoisotopic (exact) mass is 452 g/mol. The number of aliphatic hydroxyl groups excluding tert-OH is 1. The first-order valence-corrected chi connectivity index (χ1v) is 14.4. The number of ether oxygens (including phenoxy) is 1. The topological polar surface area (TPSA) is 42.0 Å². The summed E-state index contributed by atoms with van der Waals surface area (Å²) >= 11 is 0. The summed E-state index contributed by atoms with van der Waals surface area (Å²) in [7, 11) is -2.43. The van der Waals surface area contributed by atoms with Gasteiger partial charge in [0.25, 0.3) is 8.32 Å². The lowest BCUT2D eigenvalue weighted by atomic mass is 9.83. The van der Waals surface area contributed by atoms with Crippen LogP contribution in [0, 0.1) is 0 Å². The van der Waals surface area contributed by atoms with Crippen LogP contribution >= 0.6 is 0 Å². The molecule has 1 unspecified atom stereocenters. The van der Waals surface area contributed by atoms with Crippen molar-refractivity contribution in [2.24, 2.45) is 0 Å². The molecule has 0 bridgehead atoms. The third-order valence-corrected chi connectivity index (χ3v) is 12.6. The molecule has 1 N–H and O–H groups in total. The molecule has 3 atom stereocenters. The zero-order valence-corrected chi connectivity index (χ0v) is 21.1. The van der Waals surface area contributed by atoms with E-state index in [-0.39, 0.29) is 16.7 Å². The Morgan fingerprint density at radius 2 is 1.59 bits per heavy atom. The number of benzene rings is 2. The van der Waals surface area contributed by atoms with Gasteiger partial charge >= 0.3 is 0 Å². The van der Waals surface area contributed by atoms with Crippen LogP contribution in [0.2, 0.25) is 5.04 Å². The number of aliphatic hydroxyl groups is 1. The van der Waals surface area contributed by atoms with Crippen molar-refractivity contribution in [2.75, 3.05) is 6.61 Å². The van der Waals surface area contributed by atoms with Crippen molar-refractivity contribution in [1.82, 2.24) is 0 Å². The van der Waals surface area contributed by atoms with Crippen molar-refractivity contribution in [3.05, 3.63) is 60.7 Å². The van der Waals surface area contributed by atoms with Gasteiger partial charge in [0.15, 0.2) is 0 Å². The van der Waals surface area contributed by atoms with Crippen LogP contribution in [0.3, 0.4) is 0 Å². The molecule has 32 heavy (non-hydrogen) atoms. The standard InChI is InChI=1S/C28H40O3Si/c1-27(2,3)32(23-15-7-4-8-16-23,24-17-9-5-10-18-24)30-22-14-6-11-19-25(29)28-21-13-12-20-26(28)31-28/h4-5,7-10,15-18,25-26,29H,6,11-14,19-22H2,1-3H3/t25-,26?,28-/m0/s1. The second-order valence-corrected chi connectivity index (χ2v) is 15.0. The van der Waals surface area contributed by atoms with E-state index in [0.29, 0.717) is 6.10 Å². The van der Waals surface area contributed by atoms with Crippen LogP contribution in [0.15, 0.2) is 60.7 Å². The highest BCUT2D eigenvalue weighted by atomic mass is 28.4. The molecule has 2 aromatic carbocycles. The average Bonchev–Trinajstić information content (AvgIpc) is 3.55. The van der Waals surface area contributed by atoms with Gasteiger partial charge in [-0.15, -0.1) is 0 Å². The van der Waals surface area contributed by atoms with E-state index in [0.717, 1.165) is 45.1 Å². The second kappa shape index (κ2) is 9.80. The van der Waals surface area contributed by atoms with Crippen molar-refractivity contribution < 1.29 is 14.3 Å². The zero-order chi connectivity index (χ0) is 22.7. The fourth-order valence-corrected chi connectivity index (χ4v) is 10.4. The lowest BCUT2D eigenvalue weighted by Gasteiger charge is -2.43. The van der Waals surface area contributed by atoms with E-state index < -0.39 is 8.32 Å². The van der Waals surface area contributed by atoms with Crippen molar-refractivity contribution in [1.29, 1.82) is 0 Å². The molecule has 174 valence electrons. The van der Waals surface area contributed by atoms with E-state index in [4.69, 9.17) is 9.16 Å². The summed E-state index contributed by atoms with van der Waals surface area (Å²) in [4.78, 5) is 0. The molecule has 3 nitrogen and oxygen atoms in total. The lowest BCUT2D eigenvalue weighted by molar-refractivity contribution is 0.0581. The molecule has 0 radical (unpaired) electrons. The maximum atomic E-state index is 10.7. The number of hydrogen-bond acceptors (Lipinski definition) is 3. The minimum absolute atomic E-state index is 0.0182. The Labute approximate surface area is 195 Å². The van der Waals surface area contributed by atoms with Crippen LogP contribution in [0.25, 0.3) is 0 Å². The minimum Gasteiger partial charge on any atom is -0.407 e. The van der Waals surface area contributed by atoms with E-state index in [9.17, 15) is 5.11 Å². The Kier molecular flexibility index (Phi) is 7.26. The molecule has 1 saturated heterocycles. The smallest absolute Gasteiger partial charge is 0.261 e. The first-order valence-electron chi connectivity index (χ1n) is 12.5. The van der Waals surface area contributed by atoms with Gasteiger partial charge in [0, 0.05) is 6.61 Å². The highest BCUT2D eigenvalue weighted by Gasteiger charge is 2.61. The van der Waals surface area contributed by atoms with E-state index in [1.165, 1.54) is 23.2 Å². The van der Waals surface area contributed by atoms with E-state index >= 15 is 0 Å². The van der Waals surface area contributed by atoms with Crippen molar-refractivity contribution in [3.8, 4) is 0 Å². The van der Waals surface area contributed by atoms with Crippen molar-refractivity contribution in [2.45, 2.75) is 95.0 Å². The summed E-state index contributed by atoms with van der Waals surface area (Å²) in [5.41, 5.74) is -0.191. The Morgan fingerprint density at radius 3 is 2.16 bits per heavy atom. The van der Waals surface area contributed by atoms with Gasteiger partial charge in [-0.1, -0.05) is 107 Å². The van der Waals surface area contributed by atoms with Gasteiger partial charge in [0.1, 0.15) is 5.60 Å². The molecule has 1 aliphatic carbocycles. The van der Waals surface area contributed by atoms with Crippen molar-refractivity contribution >= 4 is 18.7 Å². The van der Waals surface area contributed by atoms with Gasteiger partial charge in [-0.2, -0.15) is 0 Å². The van der Waals surface area contributed by atoms with Crippen LogP contribution < -0.4 is 10.4 Å². The number of rotatable bonds is 10. The van der Waals surface area contributed by atoms with E-state index in [2.05, 4.69) is 81.4 Å². The molecular formula is C28H40O3Si. The van der Waals surface area contributed by atoms with Gasteiger partial charge in [0.05, 0.1) is 12.2 Å². The normalized spacial score (nSPS) is 24.1. The molecule has 0 spiro atoms. The maximum absolute atomic E-state index is 10.7. The lowest BCUT2D eigenvalue weighted by Crippen LogP contribution is -2.66. The molecule has 1 heterocycles. The fraction of sp³-hybridized carbons (Fsp3) is 0.571. The average molecular weight is 453 g/mol. The van der Waals surface area contributed by atoms with Gasteiger partial charge in [-0.3, -0.25) is 0 Å². The fourth-order valence-electron chi connectivity index (χ4n) is 5.79. The predicted octanol–water partition coefficient (Wildman–Crippen LogP) is 5.20. The molecule has 4 heteroatoms. The molecule has 0 aromatic heterocycles. The molecule has 4 rings (SSSR count). The van der Waals surface area contributed by atoms with Gasteiger partial charge in [-0.05, 0) is 41.1 Å². The quantitative estimate of drug-likeness (QED) is 0.306. The molecule has 1 saturated carbocycles. The molecular weight excluding hydrogens is 412 g/mol. The number of unbranched alkanes of at least 4 members (excludes halogenated alkanes) is 2. The van der Waals surface area contributed by atoms with Gasteiger partial charge in [-0.25, -0.2) is 0 Å². The Morgan fingerprint density at radius 1 is 0.969 bits per heavy atom. The zero-order valence-electron chi connectivity index (χ0n) is 20.1. The number of epoxide rings is 1. The highest BCUT2D eigenvalue weighted by molar-refractivity contribution is 6.99. The third kappa shape index (κ3) is 4.61. The van der Waals surface area contributed by atoms with E-state index in [1.54, 1.807) is 0 Å². The summed E-state index contributed by atoms with van der Waals surface area (Å²) in [5.74, 6) is 0. The first-order chi connectivity index (χ1) is 15.4. The molecule has 2 fully saturated rings. The summed E-state index contributed by atoms with van der Waals surface area (Å²) in [6, 6.07) is 21.7. The maximum Gasteiger partial charge on any atom is 0.261 e. The molecule has 2 aromatic rings. The molecule has 1 aliphatic heterocycles. The van der Waals surface area contributed by atoms with Crippen LogP contribution in [0.1, 0.15) is 72.1 Å². The van der Waals surface area contributed by atoms with Crippen molar-refractivity contribution in [3.63, 3.8) is 0 Å². The van der Waals surface area contributed by atoms with Crippen LogP contribution in [0.5, 0.6) is 0 Å². The first kappa shape index (κ1) is 23.7. The Hall–Kier alpha value is -1.46. The summed E-state index contributed by atoms with van der Waals surface area (Å²) in [6.45, 7) is 7.73. The number of hydrogen-bond donors (Lipinski definition) is 1. The van der Waals surface area contributed by atoms with Gasteiger partial charge in [0.2, 0.25) is 0 Å². The van der Waals surface area contributed by atoms with Crippen LogP contribution in [-0.4, -0.2) is 37.8 Å². The van der Waals surface area contributed by atoms with Crippen LogP contribution in [-0.2, 0) is 9.16 Å². The van der Waals surface area contributed by atoms with Gasteiger partial charge < -0.3 is 14.3 Å². The summed E-state index contributed by atoms with van der Waals surface area (Å²) in [6.07, 6.45) is 8.61.